The molecule has 110 valence electrons. The van der Waals surface area contributed by atoms with Gasteiger partial charge < -0.3 is 20.1 Å². The molecule has 2 aliphatic heterocycles. The first-order chi connectivity index (χ1) is 9.81. The van der Waals surface area contributed by atoms with Gasteiger partial charge in [0.15, 0.2) is 6.29 Å². The second-order valence-corrected chi connectivity index (χ2v) is 5.73. The van der Waals surface area contributed by atoms with Crippen molar-refractivity contribution in [3.05, 3.63) is 23.8 Å². The zero-order valence-corrected chi connectivity index (χ0v) is 12.0. The molecular formula is C16H24N2O2. The maximum atomic E-state index is 5.87. The van der Waals surface area contributed by atoms with Gasteiger partial charge in [-0.15, -0.1) is 0 Å². The van der Waals surface area contributed by atoms with Crippen LogP contribution in [0, 0.1) is 0 Å². The van der Waals surface area contributed by atoms with Crippen molar-refractivity contribution < 1.29 is 9.47 Å². The number of benzene rings is 1. The number of anilines is 1. The predicted molar refractivity (Wildman–Crippen MR) is 79.8 cm³/mol. The SMILES string of the molecule is Nc1ccc2c(c1)CCC(OCCCN1CCCC1)O2. The minimum absolute atomic E-state index is 0.0929. The van der Waals surface area contributed by atoms with E-state index in [1.54, 1.807) is 0 Å². The lowest BCUT2D eigenvalue weighted by Gasteiger charge is -2.26. The first-order valence-electron chi connectivity index (χ1n) is 7.70. The molecule has 1 atom stereocenters. The van der Waals surface area contributed by atoms with Gasteiger partial charge in [-0.2, -0.15) is 0 Å². The summed E-state index contributed by atoms with van der Waals surface area (Å²) in [4.78, 5) is 2.52. The number of nitrogens with zero attached hydrogens (tertiary/aromatic N) is 1. The lowest BCUT2D eigenvalue weighted by atomic mass is 10.1. The van der Waals surface area contributed by atoms with E-state index in [1.807, 2.05) is 18.2 Å². The summed E-state index contributed by atoms with van der Waals surface area (Å²) in [5, 5.41) is 0. The average Bonchev–Trinajstić information content (AvgIpc) is 2.97. The smallest absolute Gasteiger partial charge is 0.200 e. The number of ether oxygens (including phenoxy) is 2. The van der Waals surface area contributed by atoms with Crippen LogP contribution in [-0.4, -0.2) is 37.4 Å². The second kappa shape index (κ2) is 6.46. The molecule has 1 saturated heterocycles. The van der Waals surface area contributed by atoms with Crippen LogP contribution in [0.2, 0.25) is 0 Å². The van der Waals surface area contributed by atoms with Gasteiger partial charge in [0, 0.05) is 18.7 Å². The molecule has 1 fully saturated rings. The summed E-state index contributed by atoms with van der Waals surface area (Å²) in [7, 11) is 0. The van der Waals surface area contributed by atoms with Gasteiger partial charge in [-0.05, 0) is 62.5 Å². The molecule has 0 bridgehead atoms. The molecular weight excluding hydrogens is 252 g/mol. The van der Waals surface area contributed by atoms with Crippen molar-refractivity contribution in [3.63, 3.8) is 0 Å². The molecule has 2 aliphatic rings. The number of hydrogen-bond acceptors (Lipinski definition) is 4. The normalized spacial score (nSPS) is 22.5. The van der Waals surface area contributed by atoms with E-state index in [9.17, 15) is 0 Å². The molecule has 0 spiro atoms. The van der Waals surface area contributed by atoms with E-state index < -0.39 is 0 Å². The Morgan fingerprint density at radius 1 is 1.30 bits per heavy atom. The Labute approximate surface area is 120 Å². The van der Waals surface area contributed by atoms with Crippen LogP contribution in [0.5, 0.6) is 5.75 Å². The third-order valence-electron chi connectivity index (χ3n) is 4.11. The summed E-state index contributed by atoms with van der Waals surface area (Å²) in [5.41, 5.74) is 7.78. The molecule has 0 aromatic heterocycles. The summed E-state index contributed by atoms with van der Waals surface area (Å²) in [6.07, 6.45) is 5.61. The fourth-order valence-corrected chi connectivity index (χ4v) is 3.01. The number of aryl methyl sites for hydroxylation is 1. The van der Waals surface area contributed by atoms with Crippen molar-refractivity contribution >= 4 is 5.69 Å². The summed E-state index contributed by atoms with van der Waals surface area (Å²) in [5.74, 6) is 0.926. The molecule has 0 amide bonds. The van der Waals surface area contributed by atoms with Crippen molar-refractivity contribution in [2.75, 3.05) is 32.0 Å². The van der Waals surface area contributed by atoms with E-state index >= 15 is 0 Å². The molecule has 1 aromatic rings. The van der Waals surface area contributed by atoms with Gasteiger partial charge >= 0.3 is 0 Å². The maximum absolute atomic E-state index is 5.87. The Hall–Kier alpha value is -1.26. The molecule has 20 heavy (non-hydrogen) atoms. The van der Waals surface area contributed by atoms with Gasteiger partial charge in [0.2, 0.25) is 0 Å². The Kier molecular flexibility index (Phi) is 4.43. The van der Waals surface area contributed by atoms with Gasteiger partial charge in [-0.1, -0.05) is 0 Å². The van der Waals surface area contributed by atoms with Crippen LogP contribution in [0.4, 0.5) is 5.69 Å². The molecule has 1 aromatic carbocycles. The van der Waals surface area contributed by atoms with Crippen molar-refractivity contribution in [2.45, 2.75) is 38.4 Å². The van der Waals surface area contributed by atoms with E-state index in [-0.39, 0.29) is 6.29 Å². The molecule has 0 radical (unpaired) electrons. The van der Waals surface area contributed by atoms with Crippen LogP contribution in [0.3, 0.4) is 0 Å². The van der Waals surface area contributed by atoms with Gasteiger partial charge in [-0.3, -0.25) is 0 Å². The van der Waals surface area contributed by atoms with Crippen LogP contribution in [-0.2, 0) is 11.2 Å². The highest BCUT2D eigenvalue weighted by Crippen LogP contribution is 2.29. The molecule has 2 heterocycles. The standard InChI is InChI=1S/C16H24N2O2/c17-14-5-6-15-13(12-14)4-7-16(20-15)19-11-3-10-18-8-1-2-9-18/h5-6,12,16H,1-4,7-11,17H2. The highest BCUT2D eigenvalue weighted by molar-refractivity contribution is 5.48. The molecule has 0 saturated carbocycles. The molecule has 3 rings (SSSR count). The quantitative estimate of drug-likeness (QED) is 0.663. The number of rotatable bonds is 5. The summed E-state index contributed by atoms with van der Waals surface area (Å²) in [6, 6.07) is 5.83. The van der Waals surface area contributed by atoms with Gasteiger partial charge in [0.1, 0.15) is 5.75 Å². The molecule has 4 heteroatoms. The maximum Gasteiger partial charge on any atom is 0.200 e. The third-order valence-corrected chi connectivity index (χ3v) is 4.11. The Morgan fingerprint density at radius 3 is 3.00 bits per heavy atom. The van der Waals surface area contributed by atoms with Gasteiger partial charge in [-0.25, -0.2) is 0 Å². The van der Waals surface area contributed by atoms with Crippen LogP contribution < -0.4 is 10.5 Å². The topological polar surface area (TPSA) is 47.7 Å². The van der Waals surface area contributed by atoms with E-state index in [0.29, 0.717) is 0 Å². The first-order valence-corrected chi connectivity index (χ1v) is 7.70. The summed E-state index contributed by atoms with van der Waals surface area (Å²) < 4.78 is 11.7. The second-order valence-electron chi connectivity index (χ2n) is 5.73. The van der Waals surface area contributed by atoms with E-state index in [0.717, 1.165) is 43.9 Å². The molecule has 2 N–H and O–H groups in total. The van der Waals surface area contributed by atoms with E-state index in [4.69, 9.17) is 15.2 Å². The lowest BCUT2D eigenvalue weighted by Crippen LogP contribution is -2.27. The number of nitrogen functional groups attached to an aromatic ring is 1. The number of hydrogen-bond donors (Lipinski definition) is 1. The van der Waals surface area contributed by atoms with Crippen molar-refractivity contribution in [3.8, 4) is 5.75 Å². The fraction of sp³-hybridized carbons (Fsp3) is 0.625. The Balaban J connectivity index is 1.40. The third kappa shape index (κ3) is 3.44. The van der Waals surface area contributed by atoms with Crippen LogP contribution in [0.25, 0.3) is 0 Å². The molecule has 0 aliphatic carbocycles. The number of likely N-dealkylation sites (tertiary alicyclic amines) is 1. The van der Waals surface area contributed by atoms with Gasteiger partial charge in [0.05, 0.1) is 6.61 Å². The Bertz CT molecular complexity index is 444. The average molecular weight is 276 g/mol. The van der Waals surface area contributed by atoms with Crippen molar-refractivity contribution in [1.82, 2.24) is 4.90 Å². The largest absolute Gasteiger partial charge is 0.465 e. The summed E-state index contributed by atoms with van der Waals surface area (Å²) >= 11 is 0. The van der Waals surface area contributed by atoms with Crippen LogP contribution in [0.15, 0.2) is 18.2 Å². The van der Waals surface area contributed by atoms with Crippen molar-refractivity contribution in [2.24, 2.45) is 0 Å². The van der Waals surface area contributed by atoms with Gasteiger partial charge in [0.25, 0.3) is 0 Å². The minimum Gasteiger partial charge on any atom is -0.465 e. The van der Waals surface area contributed by atoms with Crippen LogP contribution in [0.1, 0.15) is 31.2 Å². The highest BCUT2D eigenvalue weighted by Gasteiger charge is 2.20. The lowest BCUT2D eigenvalue weighted by molar-refractivity contribution is -0.0922. The fourth-order valence-electron chi connectivity index (χ4n) is 3.01. The number of fused-ring (bicyclic) bond motifs is 1. The van der Waals surface area contributed by atoms with Crippen LogP contribution >= 0.6 is 0 Å². The minimum atomic E-state index is -0.0929. The monoisotopic (exact) mass is 276 g/mol. The van der Waals surface area contributed by atoms with Crippen molar-refractivity contribution in [1.29, 1.82) is 0 Å². The predicted octanol–water partition coefficient (Wildman–Crippen LogP) is 2.42. The molecule has 4 nitrogen and oxygen atoms in total. The van der Waals surface area contributed by atoms with E-state index in [1.165, 1.54) is 31.5 Å². The summed E-state index contributed by atoms with van der Waals surface area (Å²) in [6.45, 7) is 4.45. The number of nitrogens with two attached hydrogens (primary N) is 1. The zero-order chi connectivity index (χ0) is 13.8. The van der Waals surface area contributed by atoms with E-state index in [2.05, 4.69) is 4.90 Å². The molecule has 1 unspecified atom stereocenters. The Morgan fingerprint density at radius 2 is 2.15 bits per heavy atom. The highest BCUT2D eigenvalue weighted by atomic mass is 16.7. The first kappa shape index (κ1) is 13.7. The zero-order valence-electron chi connectivity index (χ0n) is 12.0.